The molecule has 2 heterocycles. The number of carbonyl (C=O) groups is 1. The van der Waals surface area contributed by atoms with Crippen LogP contribution in [0, 0.1) is 6.92 Å². The van der Waals surface area contributed by atoms with Crippen LogP contribution in [-0.2, 0) is 4.79 Å². The topological polar surface area (TPSA) is 76.0 Å². The normalized spacial score (nSPS) is 18.1. The maximum Gasteiger partial charge on any atom is 0.264 e. The number of aromatic nitrogens is 2. The van der Waals surface area contributed by atoms with E-state index >= 15 is 0 Å². The summed E-state index contributed by atoms with van der Waals surface area (Å²) in [5.74, 6) is 0.341. The average molecular weight is 326 g/mol. The Balaban J connectivity index is 2.20. The first-order chi connectivity index (χ1) is 11.4. The van der Waals surface area contributed by atoms with Crippen LogP contribution in [0.25, 0.3) is 10.9 Å². The third-order valence-electron chi connectivity index (χ3n) is 4.18. The highest BCUT2D eigenvalue weighted by molar-refractivity contribution is 5.91. The van der Waals surface area contributed by atoms with E-state index in [9.17, 15) is 9.59 Å². The van der Waals surface area contributed by atoms with E-state index < -0.39 is 6.04 Å². The van der Waals surface area contributed by atoms with Crippen LogP contribution in [0.4, 0.5) is 5.69 Å². The SMILES string of the molecule is C=C1CCC(n2c(C)nc3cccc(NC(C)C)c3c2=O)C(=O)N1. The van der Waals surface area contributed by atoms with Gasteiger partial charge in [-0.15, -0.1) is 0 Å². The van der Waals surface area contributed by atoms with Gasteiger partial charge in [0.1, 0.15) is 11.9 Å². The summed E-state index contributed by atoms with van der Waals surface area (Å²) in [5.41, 5.74) is 1.89. The van der Waals surface area contributed by atoms with Gasteiger partial charge in [-0.3, -0.25) is 14.2 Å². The van der Waals surface area contributed by atoms with Crippen LogP contribution < -0.4 is 16.2 Å². The molecule has 1 fully saturated rings. The molecule has 0 bridgehead atoms. The number of hydrogen-bond acceptors (Lipinski definition) is 4. The highest BCUT2D eigenvalue weighted by atomic mass is 16.2. The first-order valence-corrected chi connectivity index (χ1v) is 8.15. The van der Waals surface area contributed by atoms with Crippen molar-refractivity contribution in [1.29, 1.82) is 0 Å². The molecule has 0 aliphatic carbocycles. The van der Waals surface area contributed by atoms with Crippen molar-refractivity contribution in [3.8, 4) is 0 Å². The van der Waals surface area contributed by atoms with Crippen molar-refractivity contribution in [2.24, 2.45) is 0 Å². The van der Waals surface area contributed by atoms with Gasteiger partial charge in [-0.25, -0.2) is 4.98 Å². The summed E-state index contributed by atoms with van der Waals surface area (Å²) in [7, 11) is 0. The van der Waals surface area contributed by atoms with Crippen LogP contribution in [0.3, 0.4) is 0 Å². The molecular formula is C18H22N4O2. The van der Waals surface area contributed by atoms with Crippen LogP contribution >= 0.6 is 0 Å². The molecule has 1 aromatic heterocycles. The summed E-state index contributed by atoms with van der Waals surface area (Å²) in [6, 6.07) is 5.20. The number of nitrogens with zero attached hydrogens (tertiary/aromatic N) is 2. The lowest BCUT2D eigenvalue weighted by atomic mass is 10.0. The van der Waals surface area contributed by atoms with E-state index in [1.165, 1.54) is 4.57 Å². The number of allylic oxidation sites excluding steroid dienone is 1. The van der Waals surface area contributed by atoms with E-state index in [1.54, 1.807) is 6.92 Å². The van der Waals surface area contributed by atoms with Gasteiger partial charge in [-0.1, -0.05) is 12.6 Å². The Morgan fingerprint density at radius 3 is 2.79 bits per heavy atom. The highest BCUT2D eigenvalue weighted by Gasteiger charge is 2.28. The van der Waals surface area contributed by atoms with E-state index in [2.05, 4.69) is 22.2 Å². The van der Waals surface area contributed by atoms with Crippen molar-refractivity contribution in [3.05, 3.63) is 46.7 Å². The fourth-order valence-electron chi connectivity index (χ4n) is 3.16. The van der Waals surface area contributed by atoms with Gasteiger partial charge in [0.2, 0.25) is 5.91 Å². The lowest BCUT2D eigenvalue weighted by Crippen LogP contribution is -2.41. The van der Waals surface area contributed by atoms with Crippen molar-refractivity contribution in [1.82, 2.24) is 14.9 Å². The second-order valence-corrected chi connectivity index (χ2v) is 6.48. The van der Waals surface area contributed by atoms with E-state index in [1.807, 2.05) is 32.0 Å². The molecule has 1 amide bonds. The minimum atomic E-state index is -0.549. The smallest absolute Gasteiger partial charge is 0.264 e. The number of amides is 1. The number of hydrogen-bond donors (Lipinski definition) is 2. The number of rotatable bonds is 3. The molecule has 0 spiro atoms. The van der Waals surface area contributed by atoms with E-state index in [-0.39, 0.29) is 17.5 Å². The summed E-state index contributed by atoms with van der Waals surface area (Å²) < 4.78 is 1.51. The Morgan fingerprint density at radius 2 is 2.12 bits per heavy atom. The number of piperidine rings is 1. The predicted octanol–water partition coefficient (Wildman–Crippen LogP) is 2.49. The van der Waals surface area contributed by atoms with Gasteiger partial charge in [0, 0.05) is 17.4 Å². The second-order valence-electron chi connectivity index (χ2n) is 6.48. The molecule has 2 aromatic rings. The Kier molecular flexibility index (Phi) is 4.13. The van der Waals surface area contributed by atoms with Gasteiger partial charge in [0.15, 0.2) is 0 Å². The van der Waals surface area contributed by atoms with E-state index in [0.717, 1.165) is 5.69 Å². The minimum absolute atomic E-state index is 0.186. The number of anilines is 1. The van der Waals surface area contributed by atoms with Crippen LogP contribution in [-0.4, -0.2) is 21.5 Å². The van der Waals surface area contributed by atoms with Gasteiger partial charge in [-0.05, 0) is 45.7 Å². The zero-order chi connectivity index (χ0) is 17.4. The maximum absolute atomic E-state index is 13.2. The quantitative estimate of drug-likeness (QED) is 0.908. The number of aryl methyl sites for hydroxylation is 1. The Hall–Kier alpha value is -2.63. The van der Waals surface area contributed by atoms with Crippen molar-refractivity contribution >= 4 is 22.5 Å². The summed E-state index contributed by atoms with van der Waals surface area (Å²) in [6.07, 6.45) is 1.21. The molecule has 1 saturated heterocycles. The molecule has 0 radical (unpaired) electrons. The van der Waals surface area contributed by atoms with Crippen molar-refractivity contribution in [2.45, 2.75) is 45.7 Å². The van der Waals surface area contributed by atoms with Crippen molar-refractivity contribution in [2.75, 3.05) is 5.32 Å². The summed E-state index contributed by atoms with van der Waals surface area (Å²) in [4.78, 5) is 30.0. The fraction of sp³-hybridized carbons (Fsp3) is 0.389. The van der Waals surface area contributed by atoms with Gasteiger partial charge in [0.25, 0.3) is 5.56 Å². The lowest BCUT2D eigenvalue weighted by molar-refractivity contribution is -0.124. The molecule has 0 saturated carbocycles. The monoisotopic (exact) mass is 326 g/mol. The zero-order valence-corrected chi connectivity index (χ0v) is 14.2. The number of nitrogens with one attached hydrogen (secondary N) is 2. The van der Waals surface area contributed by atoms with Gasteiger partial charge < -0.3 is 10.6 Å². The highest BCUT2D eigenvalue weighted by Crippen LogP contribution is 2.25. The van der Waals surface area contributed by atoms with Gasteiger partial charge in [-0.2, -0.15) is 0 Å². The molecular weight excluding hydrogens is 304 g/mol. The molecule has 1 aliphatic heterocycles. The van der Waals surface area contributed by atoms with Crippen LogP contribution in [0.2, 0.25) is 0 Å². The Bertz CT molecular complexity index is 882. The third kappa shape index (κ3) is 2.79. The van der Waals surface area contributed by atoms with Crippen LogP contribution in [0.1, 0.15) is 38.6 Å². The standard InChI is InChI=1S/C18H22N4O2/c1-10(2)19-13-6-5-7-14-16(13)18(24)22(12(4)21-14)15-9-8-11(3)20-17(15)23/h5-7,10,15,19H,3,8-9H2,1-2,4H3,(H,20,23). The van der Waals surface area contributed by atoms with Crippen molar-refractivity contribution in [3.63, 3.8) is 0 Å². The predicted molar refractivity (Wildman–Crippen MR) is 95.1 cm³/mol. The lowest BCUT2D eigenvalue weighted by Gasteiger charge is -2.26. The minimum Gasteiger partial charge on any atom is -0.382 e. The second kappa shape index (κ2) is 6.11. The number of carbonyl (C=O) groups excluding carboxylic acids is 1. The molecule has 24 heavy (non-hydrogen) atoms. The molecule has 1 aliphatic rings. The summed E-state index contributed by atoms with van der Waals surface area (Å²) >= 11 is 0. The summed E-state index contributed by atoms with van der Waals surface area (Å²) in [6.45, 7) is 9.58. The molecule has 6 nitrogen and oxygen atoms in total. The fourth-order valence-corrected chi connectivity index (χ4v) is 3.16. The molecule has 1 unspecified atom stereocenters. The maximum atomic E-state index is 13.2. The number of fused-ring (bicyclic) bond motifs is 1. The Labute approximate surface area is 140 Å². The average Bonchev–Trinajstić information content (AvgIpc) is 2.48. The first kappa shape index (κ1) is 16.2. The largest absolute Gasteiger partial charge is 0.382 e. The summed E-state index contributed by atoms with van der Waals surface area (Å²) in [5, 5.41) is 6.55. The van der Waals surface area contributed by atoms with E-state index in [4.69, 9.17) is 0 Å². The van der Waals surface area contributed by atoms with Crippen molar-refractivity contribution < 1.29 is 4.79 Å². The Morgan fingerprint density at radius 1 is 1.38 bits per heavy atom. The molecule has 1 atom stereocenters. The third-order valence-corrected chi connectivity index (χ3v) is 4.18. The number of benzene rings is 1. The van der Waals surface area contributed by atoms with Gasteiger partial charge >= 0.3 is 0 Å². The molecule has 1 aromatic carbocycles. The molecule has 126 valence electrons. The zero-order valence-electron chi connectivity index (χ0n) is 14.2. The first-order valence-electron chi connectivity index (χ1n) is 8.15. The molecule has 2 N–H and O–H groups in total. The molecule has 6 heteroatoms. The van der Waals surface area contributed by atoms with E-state index in [0.29, 0.717) is 35.3 Å². The van der Waals surface area contributed by atoms with Crippen LogP contribution in [0.5, 0.6) is 0 Å². The van der Waals surface area contributed by atoms with Crippen LogP contribution in [0.15, 0.2) is 35.3 Å². The van der Waals surface area contributed by atoms with Gasteiger partial charge in [0.05, 0.1) is 10.9 Å². The molecule has 3 rings (SSSR count).